The average molecular weight is 310 g/mol. The van der Waals surface area contributed by atoms with E-state index in [1.54, 1.807) is 34.6 Å². The molecule has 0 aliphatic rings. The van der Waals surface area contributed by atoms with Crippen LogP contribution < -0.4 is 0 Å². The molecule has 0 saturated carbocycles. The molecule has 21 heavy (non-hydrogen) atoms. The van der Waals surface area contributed by atoms with Gasteiger partial charge < -0.3 is 4.74 Å². The molecule has 0 aromatic heterocycles. The molecule has 5 heteroatoms. The number of carbonyl (C=O) groups is 1. The largest absolute Gasteiger partial charge is 0.465 e. The van der Waals surface area contributed by atoms with Crippen LogP contribution in [0.1, 0.15) is 61.8 Å². The summed E-state index contributed by atoms with van der Waals surface area (Å²) in [4.78, 5) is 12.4. The zero-order valence-corrected chi connectivity index (χ0v) is 14.4. The van der Waals surface area contributed by atoms with Crippen LogP contribution in [-0.4, -0.2) is 18.8 Å². The van der Waals surface area contributed by atoms with Gasteiger partial charge in [-0.25, -0.2) is 0 Å². The van der Waals surface area contributed by atoms with Crippen molar-refractivity contribution in [1.29, 1.82) is 0 Å². The number of alkyl halides is 3. The van der Waals surface area contributed by atoms with Gasteiger partial charge in [0.1, 0.15) is 0 Å². The lowest BCUT2D eigenvalue weighted by Gasteiger charge is -2.46. The normalized spacial score (nSPS) is 16.8. The maximum atomic E-state index is 13.9. The van der Waals surface area contributed by atoms with Gasteiger partial charge in [-0.3, -0.25) is 4.79 Å². The van der Waals surface area contributed by atoms with Crippen molar-refractivity contribution >= 4 is 5.97 Å². The van der Waals surface area contributed by atoms with Gasteiger partial charge in [-0.1, -0.05) is 55.4 Å². The van der Waals surface area contributed by atoms with E-state index in [2.05, 4.69) is 0 Å². The summed E-state index contributed by atoms with van der Waals surface area (Å²) in [6.45, 7) is 13.0. The molecular weight excluding hydrogens is 281 g/mol. The second-order valence-electron chi connectivity index (χ2n) is 8.38. The van der Waals surface area contributed by atoms with Gasteiger partial charge in [0.25, 0.3) is 0 Å². The second-order valence-corrected chi connectivity index (χ2v) is 8.38. The summed E-state index contributed by atoms with van der Waals surface area (Å²) in [5, 5.41) is 0. The standard InChI is InChI=1S/C16H29F3O2/c1-11(2)9-21-12(20)15(14(6,7)8,16(17,18)19)10-13(3,4)5/h11H,9-10H2,1-8H3. The van der Waals surface area contributed by atoms with Gasteiger partial charge in [0, 0.05) is 0 Å². The highest BCUT2D eigenvalue weighted by molar-refractivity contribution is 5.79. The summed E-state index contributed by atoms with van der Waals surface area (Å²) >= 11 is 0. The predicted octanol–water partition coefficient (Wildman–Crippen LogP) is 5.22. The van der Waals surface area contributed by atoms with E-state index in [1.807, 2.05) is 0 Å². The SMILES string of the molecule is CC(C)COC(=O)C(CC(C)(C)C)(C(C)(C)C)C(F)(F)F. The number of esters is 1. The Labute approximate surface area is 126 Å². The van der Waals surface area contributed by atoms with Gasteiger partial charge in [0.2, 0.25) is 0 Å². The second kappa shape index (κ2) is 6.17. The summed E-state index contributed by atoms with van der Waals surface area (Å²) in [7, 11) is 0. The molecule has 1 unspecified atom stereocenters. The number of hydrogen-bond acceptors (Lipinski definition) is 2. The Balaban J connectivity index is 5.88. The van der Waals surface area contributed by atoms with Crippen LogP contribution >= 0.6 is 0 Å². The zero-order chi connectivity index (χ0) is 17.3. The van der Waals surface area contributed by atoms with Gasteiger partial charge in [-0.15, -0.1) is 0 Å². The summed E-state index contributed by atoms with van der Waals surface area (Å²) in [6.07, 6.45) is -4.96. The average Bonchev–Trinajstić information content (AvgIpc) is 2.17. The fraction of sp³-hybridized carbons (Fsp3) is 0.938. The monoisotopic (exact) mass is 310 g/mol. The summed E-state index contributed by atoms with van der Waals surface area (Å²) in [6, 6.07) is 0. The van der Waals surface area contributed by atoms with E-state index in [0.29, 0.717) is 0 Å². The highest BCUT2D eigenvalue weighted by Crippen LogP contribution is 2.57. The minimum Gasteiger partial charge on any atom is -0.465 e. The van der Waals surface area contributed by atoms with Crippen molar-refractivity contribution in [3.8, 4) is 0 Å². The molecular formula is C16H29F3O2. The van der Waals surface area contributed by atoms with E-state index in [4.69, 9.17) is 4.74 Å². The molecule has 0 heterocycles. The first-order valence-electron chi connectivity index (χ1n) is 7.28. The molecule has 2 nitrogen and oxygen atoms in total. The third kappa shape index (κ3) is 4.89. The number of rotatable bonds is 4. The maximum absolute atomic E-state index is 13.9. The fourth-order valence-corrected chi connectivity index (χ4v) is 2.45. The third-order valence-electron chi connectivity index (χ3n) is 3.46. The molecule has 0 aromatic carbocycles. The topological polar surface area (TPSA) is 26.3 Å². The van der Waals surface area contributed by atoms with Crippen LogP contribution in [0.4, 0.5) is 13.2 Å². The Morgan fingerprint density at radius 2 is 1.43 bits per heavy atom. The quantitative estimate of drug-likeness (QED) is 0.666. The van der Waals surface area contributed by atoms with Crippen molar-refractivity contribution in [1.82, 2.24) is 0 Å². The molecule has 1 atom stereocenters. The number of carbonyl (C=O) groups excluding carboxylic acids is 1. The first kappa shape index (κ1) is 20.3. The first-order valence-corrected chi connectivity index (χ1v) is 7.28. The lowest BCUT2D eigenvalue weighted by atomic mass is 9.59. The molecule has 0 aliphatic carbocycles. The predicted molar refractivity (Wildman–Crippen MR) is 77.8 cm³/mol. The van der Waals surface area contributed by atoms with Crippen LogP contribution in [0.15, 0.2) is 0 Å². The molecule has 126 valence electrons. The molecule has 0 N–H and O–H groups in total. The third-order valence-corrected chi connectivity index (χ3v) is 3.46. The lowest BCUT2D eigenvalue weighted by molar-refractivity contribution is -0.269. The van der Waals surface area contributed by atoms with Gasteiger partial charge >= 0.3 is 12.1 Å². The zero-order valence-electron chi connectivity index (χ0n) is 14.4. The van der Waals surface area contributed by atoms with Crippen molar-refractivity contribution in [2.24, 2.45) is 22.2 Å². The van der Waals surface area contributed by atoms with E-state index in [1.165, 1.54) is 20.8 Å². The highest BCUT2D eigenvalue weighted by Gasteiger charge is 2.68. The summed E-state index contributed by atoms with van der Waals surface area (Å²) < 4.78 is 46.6. The van der Waals surface area contributed by atoms with Gasteiger partial charge in [-0.2, -0.15) is 13.2 Å². The van der Waals surface area contributed by atoms with Crippen LogP contribution in [-0.2, 0) is 9.53 Å². The van der Waals surface area contributed by atoms with Crippen LogP contribution in [0.5, 0.6) is 0 Å². The Morgan fingerprint density at radius 3 is 1.67 bits per heavy atom. The first-order chi connectivity index (χ1) is 9.04. The molecule has 0 radical (unpaired) electrons. The molecule has 0 aromatic rings. The summed E-state index contributed by atoms with van der Waals surface area (Å²) in [5.41, 5.74) is -4.45. The molecule has 0 amide bonds. The Kier molecular flexibility index (Phi) is 5.95. The van der Waals surface area contributed by atoms with E-state index >= 15 is 0 Å². The Morgan fingerprint density at radius 1 is 1.00 bits per heavy atom. The van der Waals surface area contributed by atoms with Crippen molar-refractivity contribution < 1.29 is 22.7 Å². The molecule has 0 aliphatic heterocycles. The highest BCUT2D eigenvalue weighted by atomic mass is 19.4. The van der Waals surface area contributed by atoms with Gasteiger partial charge in [-0.05, 0) is 23.2 Å². The molecule has 0 saturated heterocycles. The van der Waals surface area contributed by atoms with Crippen LogP contribution in [0.25, 0.3) is 0 Å². The van der Waals surface area contributed by atoms with Crippen molar-refractivity contribution in [2.75, 3.05) is 6.61 Å². The van der Waals surface area contributed by atoms with Crippen LogP contribution in [0, 0.1) is 22.2 Å². The summed E-state index contributed by atoms with van der Waals surface area (Å²) in [5.74, 6) is -1.17. The lowest BCUT2D eigenvalue weighted by Crippen LogP contribution is -2.56. The van der Waals surface area contributed by atoms with Crippen LogP contribution in [0.2, 0.25) is 0 Å². The van der Waals surface area contributed by atoms with Crippen molar-refractivity contribution in [2.45, 2.75) is 68.0 Å². The maximum Gasteiger partial charge on any atom is 0.405 e. The number of ether oxygens (including phenoxy) is 1. The number of hydrogen-bond donors (Lipinski definition) is 0. The van der Waals surface area contributed by atoms with Crippen molar-refractivity contribution in [3.63, 3.8) is 0 Å². The van der Waals surface area contributed by atoms with Gasteiger partial charge in [0.05, 0.1) is 6.61 Å². The Hall–Kier alpha value is -0.740. The molecule has 0 rings (SSSR count). The number of halogens is 3. The molecule has 0 bridgehead atoms. The van der Waals surface area contributed by atoms with E-state index in [0.717, 1.165) is 0 Å². The van der Waals surface area contributed by atoms with E-state index in [9.17, 15) is 18.0 Å². The molecule has 0 spiro atoms. The van der Waals surface area contributed by atoms with Gasteiger partial charge in [0.15, 0.2) is 5.41 Å². The Bertz CT molecular complexity index is 343. The minimum atomic E-state index is -4.66. The minimum absolute atomic E-state index is 0.00309. The van der Waals surface area contributed by atoms with E-state index < -0.39 is 28.4 Å². The van der Waals surface area contributed by atoms with E-state index in [-0.39, 0.29) is 18.9 Å². The van der Waals surface area contributed by atoms with Crippen LogP contribution in [0.3, 0.4) is 0 Å². The smallest absolute Gasteiger partial charge is 0.405 e. The fourth-order valence-electron chi connectivity index (χ4n) is 2.45. The van der Waals surface area contributed by atoms with Crippen molar-refractivity contribution in [3.05, 3.63) is 0 Å². The molecule has 0 fully saturated rings.